The second kappa shape index (κ2) is 7.25. The molecule has 0 radical (unpaired) electrons. The minimum atomic E-state index is -1.46. The molecule has 0 unspecified atom stereocenters. The highest BCUT2D eigenvalue weighted by molar-refractivity contribution is 6.42. The fourth-order valence-electron chi connectivity index (χ4n) is 4.24. The van der Waals surface area contributed by atoms with Crippen molar-refractivity contribution >= 4 is 46.0 Å². The zero-order chi connectivity index (χ0) is 22.1. The van der Waals surface area contributed by atoms with E-state index in [2.05, 4.69) is 15.0 Å². The van der Waals surface area contributed by atoms with Crippen molar-refractivity contribution in [3.05, 3.63) is 51.6 Å². The van der Waals surface area contributed by atoms with Gasteiger partial charge >= 0.3 is 0 Å². The predicted octanol–water partition coefficient (Wildman–Crippen LogP) is 4.11. The molecule has 1 N–H and O–H groups in total. The van der Waals surface area contributed by atoms with Crippen molar-refractivity contribution in [1.29, 1.82) is 0 Å². The van der Waals surface area contributed by atoms with Crippen molar-refractivity contribution in [1.82, 2.24) is 19.5 Å². The molecule has 2 aliphatic rings. The lowest BCUT2D eigenvalue weighted by molar-refractivity contribution is -0.221. The van der Waals surface area contributed by atoms with E-state index in [-0.39, 0.29) is 5.15 Å². The van der Waals surface area contributed by atoms with Gasteiger partial charge in [0, 0.05) is 0 Å². The topological polar surface area (TPSA) is 91.5 Å². The Morgan fingerprint density at radius 3 is 2.55 bits per heavy atom. The quantitative estimate of drug-likeness (QED) is 0.558. The number of ether oxygens (including phenoxy) is 3. The lowest BCUT2D eigenvalue weighted by Gasteiger charge is -2.34. The number of imidazole rings is 1. The van der Waals surface area contributed by atoms with E-state index < -0.39 is 35.9 Å². The third-order valence-corrected chi connectivity index (χ3v) is 6.69. The van der Waals surface area contributed by atoms with E-state index in [1.54, 1.807) is 36.0 Å². The lowest BCUT2D eigenvalue weighted by atomic mass is 9.87. The Labute approximate surface area is 193 Å². The van der Waals surface area contributed by atoms with Gasteiger partial charge in [-0.05, 0) is 38.5 Å². The molecule has 0 bridgehead atoms. The number of benzene rings is 1. The summed E-state index contributed by atoms with van der Waals surface area (Å²) in [6.07, 6.45) is 0.379. The van der Waals surface area contributed by atoms with Gasteiger partial charge in [-0.15, -0.1) is 0 Å². The Balaban J connectivity index is 1.58. The standard InChI is InChI=1S/C20H19Cl3N4O4/c1-19(2)30-13-14(31-19)18(27-8-26-12-16(23)24-7-25-17(12)27)29-15(13)20(3,28)9-4-5-10(21)11(22)6-9/h4-8,13-15,18,28H,1-3H3/t13-,14+,15-,18+,20+/m0/s1. The summed E-state index contributed by atoms with van der Waals surface area (Å²) in [5.41, 5.74) is 0.0214. The van der Waals surface area contributed by atoms with Crippen molar-refractivity contribution < 1.29 is 19.3 Å². The summed E-state index contributed by atoms with van der Waals surface area (Å²) in [6, 6.07) is 4.96. The van der Waals surface area contributed by atoms with Crippen molar-refractivity contribution in [2.24, 2.45) is 0 Å². The van der Waals surface area contributed by atoms with Gasteiger partial charge in [0.2, 0.25) is 0 Å². The Morgan fingerprint density at radius 1 is 1.06 bits per heavy atom. The smallest absolute Gasteiger partial charge is 0.167 e. The molecule has 2 saturated heterocycles. The van der Waals surface area contributed by atoms with Crippen LogP contribution in [0.4, 0.5) is 0 Å². The number of aromatic nitrogens is 4. The second-order valence-corrected chi connectivity index (χ2v) is 9.45. The first-order valence-electron chi connectivity index (χ1n) is 9.60. The van der Waals surface area contributed by atoms with E-state index in [4.69, 9.17) is 49.0 Å². The van der Waals surface area contributed by atoms with Gasteiger partial charge in [-0.1, -0.05) is 40.9 Å². The minimum Gasteiger partial charge on any atom is -0.383 e. The zero-order valence-electron chi connectivity index (χ0n) is 16.8. The van der Waals surface area contributed by atoms with Crippen molar-refractivity contribution in [2.75, 3.05) is 0 Å². The highest BCUT2D eigenvalue weighted by Crippen LogP contribution is 2.49. The Kier molecular flexibility index (Phi) is 4.99. The van der Waals surface area contributed by atoms with Gasteiger partial charge in [0.15, 0.2) is 22.8 Å². The SMILES string of the molecule is CC1(C)O[C@@H]2[C@H](O1)[C@@H]([C@](C)(O)c1ccc(Cl)c(Cl)c1)O[C@H]2n1cnc2c(Cl)ncnc21. The molecule has 8 nitrogen and oxygen atoms in total. The van der Waals surface area contributed by atoms with E-state index in [1.165, 1.54) is 6.33 Å². The van der Waals surface area contributed by atoms with Crippen molar-refractivity contribution in [3.63, 3.8) is 0 Å². The summed E-state index contributed by atoms with van der Waals surface area (Å²) in [4.78, 5) is 12.6. The van der Waals surface area contributed by atoms with Crippen LogP contribution in [-0.2, 0) is 19.8 Å². The summed E-state index contributed by atoms with van der Waals surface area (Å²) in [6.45, 7) is 5.28. The van der Waals surface area contributed by atoms with Crippen LogP contribution in [0.5, 0.6) is 0 Å². The fourth-order valence-corrected chi connectivity index (χ4v) is 4.71. The van der Waals surface area contributed by atoms with Crippen molar-refractivity contribution in [3.8, 4) is 0 Å². The van der Waals surface area contributed by atoms with Crippen LogP contribution in [0.3, 0.4) is 0 Å². The third-order valence-electron chi connectivity index (χ3n) is 5.68. The molecule has 1 aromatic carbocycles. The molecule has 3 aromatic rings. The van der Waals surface area contributed by atoms with E-state index >= 15 is 0 Å². The molecular weight excluding hydrogens is 467 g/mol. The molecule has 5 atom stereocenters. The first kappa shape index (κ1) is 21.3. The number of fused-ring (bicyclic) bond motifs is 2. The Bertz CT molecular complexity index is 1170. The zero-order valence-corrected chi connectivity index (χ0v) is 19.1. The maximum absolute atomic E-state index is 11.6. The second-order valence-electron chi connectivity index (χ2n) is 8.28. The number of nitrogens with zero attached hydrogens (tertiary/aromatic N) is 4. The molecule has 4 heterocycles. The van der Waals surface area contributed by atoms with Gasteiger partial charge in [0.25, 0.3) is 0 Å². The average Bonchev–Trinajstić information content (AvgIpc) is 3.35. The molecule has 2 fully saturated rings. The maximum atomic E-state index is 11.6. The molecule has 0 saturated carbocycles. The number of halogens is 3. The monoisotopic (exact) mass is 484 g/mol. The van der Waals surface area contributed by atoms with Crippen LogP contribution in [0.1, 0.15) is 32.6 Å². The largest absolute Gasteiger partial charge is 0.383 e. The molecule has 2 aromatic heterocycles. The van der Waals surface area contributed by atoms with E-state index in [1.807, 2.05) is 13.8 Å². The van der Waals surface area contributed by atoms with Gasteiger partial charge in [0.05, 0.1) is 16.4 Å². The van der Waals surface area contributed by atoms with Crippen LogP contribution in [0.15, 0.2) is 30.9 Å². The highest BCUT2D eigenvalue weighted by atomic mass is 35.5. The van der Waals surface area contributed by atoms with Crippen molar-refractivity contribution in [2.45, 2.75) is 56.7 Å². The summed E-state index contributed by atoms with van der Waals surface area (Å²) in [5.74, 6) is -0.869. The average molecular weight is 486 g/mol. The van der Waals surface area contributed by atoms with E-state index in [0.29, 0.717) is 26.8 Å². The molecule has 5 rings (SSSR count). The third kappa shape index (κ3) is 3.41. The number of hydrogen-bond acceptors (Lipinski definition) is 7. The summed E-state index contributed by atoms with van der Waals surface area (Å²) >= 11 is 18.4. The molecular formula is C20H19Cl3N4O4. The summed E-state index contributed by atoms with van der Waals surface area (Å²) in [7, 11) is 0. The van der Waals surface area contributed by atoms with Gasteiger partial charge in [-0.3, -0.25) is 4.57 Å². The van der Waals surface area contributed by atoms with Crippen LogP contribution in [0.2, 0.25) is 15.2 Å². The minimum absolute atomic E-state index is 0.238. The Hall–Kier alpha value is -1.52. The molecule has 164 valence electrons. The van der Waals surface area contributed by atoms with Gasteiger partial charge in [-0.25, -0.2) is 15.0 Å². The first-order valence-corrected chi connectivity index (χ1v) is 10.7. The molecule has 0 amide bonds. The molecule has 2 aliphatic heterocycles. The van der Waals surface area contributed by atoms with Crippen LogP contribution < -0.4 is 0 Å². The molecule has 11 heteroatoms. The lowest BCUT2D eigenvalue weighted by Crippen LogP contribution is -2.45. The fraction of sp³-hybridized carbons (Fsp3) is 0.450. The maximum Gasteiger partial charge on any atom is 0.167 e. The summed E-state index contributed by atoms with van der Waals surface area (Å²) in [5, 5.41) is 12.5. The Morgan fingerprint density at radius 2 is 1.81 bits per heavy atom. The highest BCUT2D eigenvalue weighted by Gasteiger charge is 2.60. The number of aliphatic hydroxyl groups is 1. The predicted molar refractivity (Wildman–Crippen MR) is 114 cm³/mol. The molecule has 31 heavy (non-hydrogen) atoms. The van der Waals surface area contributed by atoms with Gasteiger partial charge in [0.1, 0.15) is 35.8 Å². The first-order chi connectivity index (χ1) is 14.6. The van der Waals surface area contributed by atoms with Gasteiger partial charge < -0.3 is 19.3 Å². The van der Waals surface area contributed by atoms with E-state index in [0.717, 1.165) is 0 Å². The van der Waals surface area contributed by atoms with E-state index in [9.17, 15) is 5.11 Å². The molecule has 0 spiro atoms. The van der Waals surface area contributed by atoms with Crippen LogP contribution in [-0.4, -0.2) is 48.7 Å². The van der Waals surface area contributed by atoms with Gasteiger partial charge in [-0.2, -0.15) is 0 Å². The number of hydrogen-bond donors (Lipinski definition) is 1. The molecule has 0 aliphatic carbocycles. The normalized spacial score (nSPS) is 29.3. The number of rotatable bonds is 3. The summed E-state index contributed by atoms with van der Waals surface area (Å²) < 4.78 is 20.4. The van der Waals surface area contributed by atoms with Crippen LogP contribution >= 0.6 is 34.8 Å². The van der Waals surface area contributed by atoms with Crippen LogP contribution in [0, 0.1) is 0 Å². The van der Waals surface area contributed by atoms with Crippen LogP contribution in [0.25, 0.3) is 11.2 Å².